The largest absolute Gasteiger partial charge is 0.352 e. The Hall–Kier alpha value is -1.99. The summed E-state index contributed by atoms with van der Waals surface area (Å²) < 4.78 is 1.89. The Morgan fingerprint density at radius 1 is 1.37 bits per heavy atom. The second kappa shape index (κ2) is 8.80. The second-order valence-electron chi connectivity index (χ2n) is 7.23. The fraction of sp³-hybridized carbons (Fsp3) is 0.550. The molecule has 0 radical (unpaired) electrons. The molecule has 1 amide bonds. The van der Waals surface area contributed by atoms with Crippen molar-refractivity contribution in [1.82, 2.24) is 19.8 Å². The minimum atomic E-state index is -0.126. The predicted octanol–water partition coefficient (Wildman–Crippen LogP) is 3.07. The standard InChI is InChI=1S/C20H28N4O2S/c1-3-24-19(26)16-9-8-15(13-17(16)22-20(24)27)18(25)21-10-6-12-23-11-5-4-7-14(23)2/h8-9,13-14H,3-7,10-12H2,1-2H3,(H,21,25)(H,22,27). The smallest absolute Gasteiger partial charge is 0.262 e. The summed E-state index contributed by atoms with van der Waals surface area (Å²) >= 11 is 5.23. The number of H-pyrrole nitrogens is 1. The lowest BCUT2D eigenvalue weighted by Gasteiger charge is -2.33. The van der Waals surface area contributed by atoms with Gasteiger partial charge in [0.1, 0.15) is 0 Å². The van der Waals surface area contributed by atoms with Gasteiger partial charge in [0.25, 0.3) is 11.5 Å². The summed E-state index contributed by atoms with van der Waals surface area (Å²) in [6.07, 6.45) is 4.80. The van der Waals surface area contributed by atoms with E-state index < -0.39 is 0 Å². The lowest BCUT2D eigenvalue weighted by Crippen LogP contribution is -2.39. The summed E-state index contributed by atoms with van der Waals surface area (Å²) in [6, 6.07) is 5.74. The lowest BCUT2D eigenvalue weighted by molar-refractivity contribution is 0.0949. The summed E-state index contributed by atoms with van der Waals surface area (Å²) in [5, 5.41) is 3.52. The van der Waals surface area contributed by atoms with Crippen LogP contribution in [0.3, 0.4) is 0 Å². The Morgan fingerprint density at radius 2 is 2.19 bits per heavy atom. The van der Waals surface area contributed by atoms with E-state index in [1.165, 1.54) is 23.8 Å². The third-order valence-electron chi connectivity index (χ3n) is 5.41. The number of rotatable bonds is 6. The molecule has 7 heteroatoms. The molecule has 1 aromatic heterocycles. The van der Waals surface area contributed by atoms with Gasteiger partial charge < -0.3 is 15.2 Å². The summed E-state index contributed by atoms with van der Waals surface area (Å²) in [5.74, 6) is -0.123. The molecule has 0 saturated carbocycles. The van der Waals surface area contributed by atoms with Crippen molar-refractivity contribution in [1.29, 1.82) is 0 Å². The van der Waals surface area contributed by atoms with Crippen LogP contribution in [-0.2, 0) is 6.54 Å². The van der Waals surface area contributed by atoms with Crippen molar-refractivity contribution in [3.8, 4) is 0 Å². The van der Waals surface area contributed by atoms with Crippen LogP contribution in [-0.4, -0.2) is 46.0 Å². The van der Waals surface area contributed by atoms with E-state index >= 15 is 0 Å². The van der Waals surface area contributed by atoms with Gasteiger partial charge >= 0.3 is 0 Å². The quantitative estimate of drug-likeness (QED) is 0.589. The highest BCUT2D eigenvalue weighted by Crippen LogP contribution is 2.16. The maximum atomic E-state index is 12.4. The second-order valence-corrected chi connectivity index (χ2v) is 7.62. The maximum Gasteiger partial charge on any atom is 0.262 e. The molecule has 1 atom stereocenters. The normalized spacial score (nSPS) is 17.9. The minimum Gasteiger partial charge on any atom is -0.352 e. The number of carbonyl (C=O) groups is 1. The Labute approximate surface area is 164 Å². The van der Waals surface area contributed by atoms with Crippen LogP contribution in [0.2, 0.25) is 0 Å². The topological polar surface area (TPSA) is 70.1 Å². The number of amides is 1. The SMILES string of the molecule is CCn1c(=S)[nH]c2cc(C(=O)NCCCN3CCCCC3C)ccc2c1=O. The van der Waals surface area contributed by atoms with Crippen molar-refractivity contribution in [2.45, 2.75) is 52.1 Å². The zero-order chi connectivity index (χ0) is 19.4. The van der Waals surface area contributed by atoms with E-state index in [0.717, 1.165) is 19.5 Å². The van der Waals surface area contributed by atoms with Gasteiger partial charge in [0.15, 0.2) is 4.77 Å². The van der Waals surface area contributed by atoms with E-state index in [0.29, 0.717) is 40.4 Å². The molecular formula is C20H28N4O2S. The molecule has 2 N–H and O–H groups in total. The van der Waals surface area contributed by atoms with Crippen molar-refractivity contribution in [2.75, 3.05) is 19.6 Å². The van der Waals surface area contributed by atoms with Crippen molar-refractivity contribution in [2.24, 2.45) is 0 Å². The predicted molar refractivity (Wildman–Crippen MR) is 111 cm³/mol. The zero-order valence-electron chi connectivity index (χ0n) is 16.1. The molecule has 146 valence electrons. The first-order valence-corrected chi connectivity index (χ1v) is 10.2. The Balaban J connectivity index is 1.62. The highest BCUT2D eigenvalue weighted by Gasteiger charge is 2.17. The van der Waals surface area contributed by atoms with Crippen LogP contribution < -0.4 is 10.9 Å². The molecule has 0 aliphatic carbocycles. The highest BCUT2D eigenvalue weighted by molar-refractivity contribution is 7.71. The first-order valence-electron chi connectivity index (χ1n) is 9.80. The van der Waals surface area contributed by atoms with Gasteiger partial charge in [-0.1, -0.05) is 6.42 Å². The van der Waals surface area contributed by atoms with Crippen LogP contribution in [0.1, 0.15) is 49.9 Å². The van der Waals surface area contributed by atoms with Crippen LogP contribution in [0.5, 0.6) is 0 Å². The minimum absolute atomic E-state index is 0.123. The third-order valence-corrected chi connectivity index (χ3v) is 5.73. The van der Waals surface area contributed by atoms with Gasteiger partial charge in [0.05, 0.1) is 10.9 Å². The van der Waals surface area contributed by atoms with Gasteiger partial charge in [0, 0.05) is 31.2 Å². The van der Waals surface area contributed by atoms with E-state index in [4.69, 9.17) is 12.2 Å². The number of carbonyl (C=O) groups excluding carboxylic acids is 1. The fourth-order valence-electron chi connectivity index (χ4n) is 3.76. The van der Waals surface area contributed by atoms with Crippen molar-refractivity contribution < 1.29 is 4.79 Å². The number of nitrogens with zero attached hydrogens (tertiary/aromatic N) is 2. The number of likely N-dealkylation sites (tertiary alicyclic amines) is 1. The molecule has 2 heterocycles. The number of hydrogen-bond acceptors (Lipinski definition) is 4. The van der Waals surface area contributed by atoms with Crippen LogP contribution >= 0.6 is 12.2 Å². The Morgan fingerprint density at radius 3 is 2.93 bits per heavy atom. The van der Waals surface area contributed by atoms with E-state index in [1.54, 1.807) is 18.2 Å². The van der Waals surface area contributed by atoms with E-state index in [9.17, 15) is 9.59 Å². The molecular weight excluding hydrogens is 360 g/mol. The van der Waals surface area contributed by atoms with Crippen LogP contribution in [0, 0.1) is 4.77 Å². The summed E-state index contributed by atoms with van der Waals surface area (Å²) in [5.41, 5.74) is 1.01. The molecule has 6 nitrogen and oxygen atoms in total. The molecule has 1 aliphatic rings. The average molecular weight is 389 g/mol. The van der Waals surface area contributed by atoms with Gasteiger partial charge in [-0.05, 0) is 70.1 Å². The van der Waals surface area contributed by atoms with Gasteiger partial charge in [0.2, 0.25) is 0 Å². The number of aromatic nitrogens is 2. The fourth-order valence-corrected chi connectivity index (χ4v) is 4.08. The summed E-state index contributed by atoms with van der Waals surface area (Å²) in [7, 11) is 0. The number of fused-ring (bicyclic) bond motifs is 1. The molecule has 3 rings (SSSR count). The number of piperidine rings is 1. The molecule has 27 heavy (non-hydrogen) atoms. The molecule has 2 aromatic rings. The average Bonchev–Trinajstić information content (AvgIpc) is 2.66. The van der Waals surface area contributed by atoms with Gasteiger partial charge in [-0.25, -0.2) is 0 Å². The number of hydrogen-bond donors (Lipinski definition) is 2. The molecule has 0 spiro atoms. The van der Waals surface area contributed by atoms with Crippen LogP contribution in [0.25, 0.3) is 10.9 Å². The summed E-state index contributed by atoms with van der Waals surface area (Å²) in [4.78, 5) is 30.4. The Bertz CT molecular complexity index is 934. The van der Waals surface area contributed by atoms with Crippen molar-refractivity contribution in [3.63, 3.8) is 0 Å². The third kappa shape index (κ3) is 4.47. The zero-order valence-corrected chi connectivity index (χ0v) is 16.9. The van der Waals surface area contributed by atoms with Crippen molar-refractivity contribution >= 4 is 29.0 Å². The van der Waals surface area contributed by atoms with Gasteiger partial charge in [-0.15, -0.1) is 0 Å². The van der Waals surface area contributed by atoms with E-state index in [2.05, 4.69) is 22.1 Å². The van der Waals surface area contributed by atoms with Crippen LogP contribution in [0.15, 0.2) is 23.0 Å². The van der Waals surface area contributed by atoms with E-state index in [1.807, 2.05) is 6.92 Å². The molecule has 1 aliphatic heterocycles. The van der Waals surface area contributed by atoms with Crippen molar-refractivity contribution in [3.05, 3.63) is 38.9 Å². The van der Waals surface area contributed by atoms with E-state index in [-0.39, 0.29) is 11.5 Å². The molecule has 1 aromatic carbocycles. The summed E-state index contributed by atoms with van der Waals surface area (Å²) in [6.45, 7) is 7.50. The number of nitrogens with one attached hydrogen (secondary N) is 2. The number of benzene rings is 1. The number of aromatic amines is 1. The maximum absolute atomic E-state index is 12.4. The first-order chi connectivity index (χ1) is 13.0. The Kier molecular flexibility index (Phi) is 6.44. The highest BCUT2D eigenvalue weighted by atomic mass is 32.1. The molecule has 1 saturated heterocycles. The monoisotopic (exact) mass is 388 g/mol. The van der Waals surface area contributed by atoms with Gasteiger partial charge in [-0.2, -0.15) is 0 Å². The van der Waals surface area contributed by atoms with Gasteiger partial charge in [-0.3, -0.25) is 14.2 Å². The first kappa shape index (κ1) is 19.8. The molecule has 1 unspecified atom stereocenters. The van der Waals surface area contributed by atoms with Crippen LogP contribution in [0.4, 0.5) is 0 Å². The molecule has 1 fully saturated rings. The lowest BCUT2D eigenvalue weighted by atomic mass is 10.0. The molecule has 0 bridgehead atoms.